The summed E-state index contributed by atoms with van der Waals surface area (Å²) in [6.45, 7) is 16.1. The number of benzene rings is 1. The first kappa shape index (κ1) is 16.4. The largest absolute Gasteiger partial charge is 0.365 e. The molecule has 0 saturated carbocycles. The summed E-state index contributed by atoms with van der Waals surface area (Å²) in [5.74, 6) is 0. The van der Waals surface area contributed by atoms with Crippen LogP contribution in [0.3, 0.4) is 0 Å². The van der Waals surface area contributed by atoms with Gasteiger partial charge in [0.2, 0.25) is 0 Å². The first-order chi connectivity index (χ1) is 9.83. The van der Waals surface area contributed by atoms with Crippen molar-refractivity contribution in [1.82, 2.24) is 5.32 Å². The maximum atomic E-state index is 3.80. The van der Waals surface area contributed by atoms with Crippen LogP contribution >= 0.6 is 0 Å². The molecule has 1 aliphatic rings. The highest BCUT2D eigenvalue weighted by atomic mass is 15.3. The van der Waals surface area contributed by atoms with Crippen LogP contribution in [0.15, 0.2) is 24.3 Å². The van der Waals surface area contributed by atoms with Crippen molar-refractivity contribution in [2.45, 2.75) is 71.4 Å². The molecule has 1 fully saturated rings. The van der Waals surface area contributed by atoms with Crippen molar-refractivity contribution in [3.05, 3.63) is 29.8 Å². The Bertz CT molecular complexity index is 469. The number of hydrogen-bond donors (Lipinski definition) is 1. The third-order valence-corrected chi connectivity index (χ3v) is 5.15. The molecule has 0 aliphatic carbocycles. The molecule has 2 nitrogen and oxygen atoms in total. The number of nitrogens with zero attached hydrogens (tertiary/aromatic N) is 1. The van der Waals surface area contributed by atoms with Crippen molar-refractivity contribution in [2.75, 3.05) is 18.0 Å². The Kier molecular flexibility index (Phi) is 4.67. The van der Waals surface area contributed by atoms with Gasteiger partial charge in [0.05, 0.1) is 0 Å². The third kappa shape index (κ3) is 3.26. The van der Waals surface area contributed by atoms with Gasteiger partial charge < -0.3 is 10.2 Å². The summed E-state index contributed by atoms with van der Waals surface area (Å²) < 4.78 is 0. The Morgan fingerprint density at radius 3 is 2.38 bits per heavy atom. The van der Waals surface area contributed by atoms with Crippen LogP contribution in [-0.4, -0.2) is 24.7 Å². The Balaban J connectivity index is 2.40. The Morgan fingerprint density at radius 1 is 1.19 bits per heavy atom. The van der Waals surface area contributed by atoms with Crippen molar-refractivity contribution in [1.29, 1.82) is 0 Å². The average Bonchev–Trinajstić information content (AvgIpc) is 2.47. The van der Waals surface area contributed by atoms with Crippen LogP contribution in [0.5, 0.6) is 0 Å². The van der Waals surface area contributed by atoms with E-state index < -0.39 is 0 Å². The summed E-state index contributed by atoms with van der Waals surface area (Å²) in [5.41, 5.74) is 3.32. The molecule has 1 unspecified atom stereocenters. The predicted molar refractivity (Wildman–Crippen MR) is 93.3 cm³/mol. The fourth-order valence-corrected chi connectivity index (χ4v) is 3.42. The molecule has 21 heavy (non-hydrogen) atoms. The van der Waals surface area contributed by atoms with E-state index in [1.54, 1.807) is 0 Å². The quantitative estimate of drug-likeness (QED) is 0.890. The number of piperazine rings is 1. The molecule has 1 heterocycles. The molecule has 2 heteroatoms. The van der Waals surface area contributed by atoms with Gasteiger partial charge in [-0.25, -0.2) is 0 Å². The van der Waals surface area contributed by atoms with Crippen molar-refractivity contribution >= 4 is 5.69 Å². The summed E-state index contributed by atoms with van der Waals surface area (Å²) in [6, 6.07) is 9.49. The van der Waals surface area contributed by atoms with Gasteiger partial charge in [0, 0.05) is 30.4 Å². The second kappa shape index (κ2) is 6.00. The minimum atomic E-state index is 0.183. The molecule has 1 aromatic rings. The van der Waals surface area contributed by atoms with E-state index in [1.165, 1.54) is 24.1 Å². The molecular weight excluding hydrogens is 256 g/mol. The summed E-state index contributed by atoms with van der Waals surface area (Å²) >= 11 is 0. The van der Waals surface area contributed by atoms with Gasteiger partial charge in [0.15, 0.2) is 0 Å². The lowest BCUT2D eigenvalue weighted by atomic mass is 9.83. The van der Waals surface area contributed by atoms with Crippen LogP contribution in [0.2, 0.25) is 0 Å². The SMILES string of the molecule is CCC1(CC)CN(c2ccccc2C(C)(C)C)C(C)CN1. The van der Waals surface area contributed by atoms with Gasteiger partial charge >= 0.3 is 0 Å². The normalized spacial score (nSPS) is 22.4. The van der Waals surface area contributed by atoms with Gasteiger partial charge in [-0.1, -0.05) is 52.8 Å². The molecule has 0 bridgehead atoms. The number of nitrogens with one attached hydrogen (secondary N) is 1. The molecule has 1 aliphatic heterocycles. The Hall–Kier alpha value is -1.02. The summed E-state index contributed by atoms with van der Waals surface area (Å²) in [6.07, 6.45) is 2.37. The first-order valence-corrected chi connectivity index (χ1v) is 8.44. The van der Waals surface area contributed by atoms with E-state index in [9.17, 15) is 0 Å². The monoisotopic (exact) mass is 288 g/mol. The molecule has 1 aromatic carbocycles. The zero-order chi connectivity index (χ0) is 15.7. The second-order valence-corrected chi connectivity index (χ2v) is 7.61. The van der Waals surface area contributed by atoms with Gasteiger partial charge in [-0.05, 0) is 36.8 Å². The molecule has 118 valence electrons. The van der Waals surface area contributed by atoms with Crippen LogP contribution in [-0.2, 0) is 5.41 Å². The Morgan fingerprint density at radius 2 is 1.81 bits per heavy atom. The van der Waals surface area contributed by atoms with Crippen LogP contribution in [0, 0.1) is 0 Å². The molecule has 0 spiro atoms. The molecular formula is C19H32N2. The predicted octanol–water partition coefficient (Wildman–Crippen LogP) is 4.34. The van der Waals surface area contributed by atoms with Crippen LogP contribution in [0.4, 0.5) is 5.69 Å². The molecule has 0 aromatic heterocycles. The lowest BCUT2D eigenvalue weighted by Crippen LogP contribution is -2.63. The average molecular weight is 288 g/mol. The number of anilines is 1. The maximum Gasteiger partial charge on any atom is 0.0407 e. The van der Waals surface area contributed by atoms with E-state index >= 15 is 0 Å². The molecule has 0 radical (unpaired) electrons. The van der Waals surface area contributed by atoms with E-state index in [4.69, 9.17) is 0 Å². The standard InChI is InChI=1S/C19H32N2/c1-7-19(8-2)14-21(15(3)13-20-19)17-12-10-9-11-16(17)18(4,5)6/h9-12,15,20H,7-8,13-14H2,1-6H3. The van der Waals surface area contributed by atoms with E-state index in [0.29, 0.717) is 6.04 Å². The van der Waals surface area contributed by atoms with E-state index in [-0.39, 0.29) is 11.0 Å². The third-order valence-electron chi connectivity index (χ3n) is 5.15. The topological polar surface area (TPSA) is 15.3 Å². The second-order valence-electron chi connectivity index (χ2n) is 7.61. The summed E-state index contributed by atoms with van der Waals surface area (Å²) in [5, 5.41) is 3.80. The fourth-order valence-electron chi connectivity index (χ4n) is 3.42. The van der Waals surface area contributed by atoms with Gasteiger partial charge in [0.1, 0.15) is 0 Å². The smallest absolute Gasteiger partial charge is 0.0407 e. The lowest BCUT2D eigenvalue weighted by Gasteiger charge is -2.48. The van der Waals surface area contributed by atoms with Gasteiger partial charge in [-0.3, -0.25) is 0 Å². The minimum Gasteiger partial charge on any atom is -0.365 e. The van der Waals surface area contributed by atoms with Crippen LogP contribution in [0.1, 0.15) is 59.9 Å². The van der Waals surface area contributed by atoms with Gasteiger partial charge in [-0.2, -0.15) is 0 Å². The molecule has 0 amide bonds. The highest BCUT2D eigenvalue weighted by molar-refractivity contribution is 5.58. The van der Waals surface area contributed by atoms with Crippen LogP contribution < -0.4 is 10.2 Å². The van der Waals surface area contributed by atoms with E-state index in [2.05, 4.69) is 76.0 Å². The molecule has 1 N–H and O–H groups in total. The fraction of sp³-hybridized carbons (Fsp3) is 0.684. The highest BCUT2D eigenvalue weighted by Crippen LogP contribution is 2.35. The van der Waals surface area contributed by atoms with E-state index in [0.717, 1.165) is 13.1 Å². The zero-order valence-electron chi connectivity index (χ0n) is 14.7. The minimum absolute atomic E-state index is 0.183. The molecule has 1 atom stereocenters. The number of hydrogen-bond acceptors (Lipinski definition) is 2. The van der Waals surface area contributed by atoms with E-state index in [1.807, 2.05) is 0 Å². The number of para-hydroxylation sites is 1. The van der Waals surface area contributed by atoms with Crippen molar-refractivity contribution < 1.29 is 0 Å². The first-order valence-electron chi connectivity index (χ1n) is 8.44. The van der Waals surface area contributed by atoms with Crippen LogP contribution in [0.25, 0.3) is 0 Å². The zero-order valence-corrected chi connectivity index (χ0v) is 14.7. The van der Waals surface area contributed by atoms with Crippen molar-refractivity contribution in [2.24, 2.45) is 0 Å². The maximum absolute atomic E-state index is 3.80. The van der Waals surface area contributed by atoms with Gasteiger partial charge in [0.25, 0.3) is 0 Å². The lowest BCUT2D eigenvalue weighted by molar-refractivity contribution is 0.253. The molecule has 2 rings (SSSR count). The Labute approximate surface area is 130 Å². The van der Waals surface area contributed by atoms with Crippen molar-refractivity contribution in [3.8, 4) is 0 Å². The highest BCUT2D eigenvalue weighted by Gasteiger charge is 2.36. The summed E-state index contributed by atoms with van der Waals surface area (Å²) in [4.78, 5) is 2.63. The summed E-state index contributed by atoms with van der Waals surface area (Å²) in [7, 11) is 0. The van der Waals surface area contributed by atoms with Crippen molar-refractivity contribution in [3.63, 3.8) is 0 Å². The number of rotatable bonds is 3. The molecule has 1 saturated heterocycles. The van der Waals surface area contributed by atoms with Gasteiger partial charge in [-0.15, -0.1) is 0 Å².